The van der Waals surface area contributed by atoms with Crippen LogP contribution in [0.4, 0.5) is 0 Å². The molecule has 21 heavy (non-hydrogen) atoms. The van der Waals surface area contributed by atoms with Crippen LogP contribution in [0.2, 0.25) is 0 Å². The molecule has 0 radical (unpaired) electrons. The maximum absolute atomic E-state index is 12.6. The number of aromatic nitrogens is 2. The number of rotatable bonds is 3. The average molecular weight is 304 g/mol. The number of nitrogens with zero attached hydrogens (tertiary/aromatic N) is 2. The highest BCUT2D eigenvalue weighted by atomic mass is 32.1. The van der Waals surface area contributed by atoms with Crippen LogP contribution in [0.1, 0.15) is 51.2 Å². The molecule has 2 aromatic heterocycles. The molecule has 1 fully saturated rings. The summed E-state index contributed by atoms with van der Waals surface area (Å²) in [6, 6.07) is 5.28. The Balaban J connectivity index is 1.87. The smallest absolute Gasteiger partial charge is 0.269 e. The van der Waals surface area contributed by atoms with Crippen molar-refractivity contribution < 1.29 is 9.59 Å². The van der Waals surface area contributed by atoms with Crippen LogP contribution in [0.3, 0.4) is 0 Å². The molecule has 0 spiro atoms. The molecular formula is C14H16N4O2S. The van der Waals surface area contributed by atoms with E-state index in [4.69, 9.17) is 5.73 Å². The molecule has 0 aliphatic carbocycles. The van der Waals surface area contributed by atoms with Gasteiger partial charge in [-0.1, -0.05) is 6.07 Å². The molecule has 1 aliphatic heterocycles. The summed E-state index contributed by atoms with van der Waals surface area (Å²) < 4.78 is 0. The van der Waals surface area contributed by atoms with Crippen LogP contribution in [0.5, 0.6) is 0 Å². The van der Waals surface area contributed by atoms with E-state index < -0.39 is 5.91 Å². The third kappa shape index (κ3) is 2.69. The largest absolute Gasteiger partial charge is 0.364 e. The minimum absolute atomic E-state index is 0.0323. The number of hydrogen-bond acceptors (Lipinski definition) is 4. The first-order chi connectivity index (χ1) is 10.2. The number of likely N-dealkylation sites (tertiary alicyclic amines) is 1. The van der Waals surface area contributed by atoms with Gasteiger partial charge >= 0.3 is 0 Å². The van der Waals surface area contributed by atoms with Crippen molar-refractivity contribution in [2.24, 2.45) is 5.73 Å². The summed E-state index contributed by atoms with van der Waals surface area (Å²) in [5.41, 5.74) is 6.21. The lowest BCUT2D eigenvalue weighted by molar-refractivity contribution is 0.0611. The first-order valence-corrected chi connectivity index (χ1v) is 7.74. The van der Waals surface area contributed by atoms with Crippen molar-refractivity contribution >= 4 is 23.2 Å². The van der Waals surface area contributed by atoms with Crippen molar-refractivity contribution in [3.05, 3.63) is 39.8 Å². The Bertz CT molecular complexity index is 650. The van der Waals surface area contributed by atoms with Crippen LogP contribution in [-0.4, -0.2) is 33.5 Å². The minimum atomic E-state index is -0.565. The van der Waals surface area contributed by atoms with E-state index in [1.807, 2.05) is 22.4 Å². The van der Waals surface area contributed by atoms with Gasteiger partial charge in [0.15, 0.2) is 0 Å². The fourth-order valence-electron chi connectivity index (χ4n) is 2.67. The fourth-order valence-corrected chi connectivity index (χ4v) is 3.35. The third-order valence-electron chi connectivity index (χ3n) is 3.70. The number of H-pyrrole nitrogens is 1. The molecule has 3 heterocycles. The second-order valence-electron chi connectivity index (χ2n) is 5.06. The molecule has 1 saturated heterocycles. The van der Waals surface area contributed by atoms with E-state index in [1.165, 1.54) is 11.3 Å². The Kier molecular flexibility index (Phi) is 3.74. The van der Waals surface area contributed by atoms with Crippen LogP contribution in [0.25, 0.3) is 0 Å². The number of aromatic amines is 1. The summed E-state index contributed by atoms with van der Waals surface area (Å²) in [6.45, 7) is 0.715. The zero-order valence-electron chi connectivity index (χ0n) is 11.4. The van der Waals surface area contributed by atoms with E-state index in [0.717, 1.165) is 29.8 Å². The van der Waals surface area contributed by atoms with Gasteiger partial charge in [-0.2, -0.15) is 5.10 Å². The molecule has 1 unspecified atom stereocenters. The highest BCUT2D eigenvalue weighted by Crippen LogP contribution is 2.32. The number of piperidine rings is 1. The topological polar surface area (TPSA) is 92.1 Å². The maximum Gasteiger partial charge on any atom is 0.269 e. The Morgan fingerprint density at radius 3 is 2.95 bits per heavy atom. The van der Waals surface area contributed by atoms with Crippen LogP contribution < -0.4 is 5.73 Å². The zero-order valence-corrected chi connectivity index (χ0v) is 12.2. The first kappa shape index (κ1) is 13.8. The molecular weight excluding hydrogens is 288 g/mol. The van der Waals surface area contributed by atoms with Crippen LogP contribution in [-0.2, 0) is 0 Å². The Morgan fingerprint density at radius 1 is 1.43 bits per heavy atom. The SMILES string of the molecule is NC(=O)c1cc(C2CCCCN2C(=O)c2cccs2)[nH]n1. The maximum atomic E-state index is 12.6. The van der Waals surface area contributed by atoms with Gasteiger partial charge in [0, 0.05) is 6.54 Å². The van der Waals surface area contributed by atoms with Crippen LogP contribution in [0.15, 0.2) is 23.6 Å². The van der Waals surface area contributed by atoms with Gasteiger partial charge in [0.2, 0.25) is 0 Å². The molecule has 0 bridgehead atoms. The average Bonchev–Trinajstić information content (AvgIpc) is 3.18. The molecule has 0 aromatic carbocycles. The van der Waals surface area contributed by atoms with E-state index in [-0.39, 0.29) is 17.6 Å². The molecule has 1 aliphatic rings. The van der Waals surface area contributed by atoms with Gasteiger partial charge in [-0.25, -0.2) is 0 Å². The van der Waals surface area contributed by atoms with Gasteiger partial charge in [0.1, 0.15) is 5.69 Å². The van der Waals surface area contributed by atoms with Crippen molar-refractivity contribution in [3.63, 3.8) is 0 Å². The molecule has 7 heteroatoms. The van der Waals surface area contributed by atoms with Gasteiger partial charge < -0.3 is 10.6 Å². The van der Waals surface area contributed by atoms with Gasteiger partial charge in [-0.15, -0.1) is 11.3 Å². The van der Waals surface area contributed by atoms with E-state index in [1.54, 1.807) is 6.07 Å². The molecule has 6 nitrogen and oxygen atoms in total. The summed E-state index contributed by atoms with van der Waals surface area (Å²) in [5.74, 6) is -0.533. The lowest BCUT2D eigenvalue weighted by Crippen LogP contribution is -2.38. The van der Waals surface area contributed by atoms with Crippen molar-refractivity contribution in [3.8, 4) is 0 Å². The van der Waals surface area contributed by atoms with Crippen LogP contribution >= 0.6 is 11.3 Å². The summed E-state index contributed by atoms with van der Waals surface area (Å²) >= 11 is 1.44. The summed E-state index contributed by atoms with van der Waals surface area (Å²) in [5, 5.41) is 8.65. The van der Waals surface area contributed by atoms with E-state index in [0.29, 0.717) is 6.54 Å². The van der Waals surface area contributed by atoms with Gasteiger partial charge in [-0.05, 0) is 36.8 Å². The summed E-state index contributed by atoms with van der Waals surface area (Å²) in [6.07, 6.45) is 2.89. The number of primary amides is 1. The molecule has 0 saturated carbocycles. The monoisotopic (exact) mass is 304 g/mol. The van der Waals surface area contributed by atoms with E-state index in [9.17, 15) is 9.59 Å². The van der Waals surface area contributed by atoms with Gasteiger partial charge in [-0.3, -0.25) is 14.7 Å². The lowest BCUT2D eigenvalue weighted by atomic mass is 9.99. The van der Waals surface area contributed by atoms with E-state index >= 15 is 0 Å². The molecule has 1 atom stereocenters. The zero-order chi connectivity index (χ0) is 14.8. The fraction of sp³-hybridized carbons (Fsp3) is 0.357. The minimum Gasteiger partial charge on any atom is -0.364 e. The Labute approximate surface area is 125 Å². The first-order valence-electron chi connectivity index (χ1n) is 6.86. The normalized spacial score (nSPS) is 18.7. The predicted molar refractivity (Wildman–Crippen MR) is 79.1 cm³/mol. The number of amides is 2. The summed E-state index contributed by atoms with van der Waals surface area (Å²) in [4.78, 5) is 26.3. The number of carbonyl (C=O) groups is 2. The van der Waals surface area contributed by atoms with E-state index in [2.05, 4.69) is 10.2 Å². The number of carbonyl (C=O) groups excluding carboxylic acids is 2. The second-order valence-corrected chi connectivity index (χ2v) is 6.01. The molecule has 3 N–H and O–H groups in total. The third-order valence-corrected chi connectivity index (χ3v) is 4.56. The molecule has 110 valence electrons. The van der Waals surface area contributed by atoms with Crippen molar-refractivity contribution in [1.29, 1.82) is 0 Å². The Morgan fingerprint density at radius 2 is 2.29 bits per heavy atom. The standard InChI is InChI=1S/C14H16N4O2S/c15-13(19)10-8-9(16-17-10)11-4-1-2-6-18(11)14(20)12-5-3-7-21-12/h3,5,7-8,11H,1-2,4,6H2,(H2,15,19)(H,16,17). The van der Waals surface area contributed by atoms with Crippen molar-refractivity contribution in [2.45, 2.75) is 25.3 Å². The number of nitrogens with two attached hydrogens (primary N) is 1. The highest BCUT2D eigenvalue weighted by Gasteiger charge is 2.30. The second kappa shape index (κ2) is 5.69. The van der Waals surface area contributed by atoms with Crippen molar-refractivity contribution in [2.75, 3.05) is 6.54 Å². The van der Waals surface area contributed by atoms with Crippen LogP contribution in [0, 0.1) is 0 Å². The highest BCUT2D eigenvalue weighted by molar-refractivity contribution is 7.12. The summed E-state index contributed by atoms with van der Waals surface area (Å²) in [7, 11) is 0. The molecule has 3 rings (SSSR count). The number of thiophene rings is 1. The van der Waals surface area contributed by atoms with Crippen molar-refractivity contribution in [1.82, 2.24) is 15.1 Å². The van der Waals surface area contributed by atoms with Gasteiger partial charge in [0.25, 0.3) is 11.8 Å². The van der Waals surface area contributed by atoms with Gasteiger partial charge in [0.05, 0.1) is 16.6 Å². The molecule has 2 aromatic rings. The predicted octanol–water partition coefficient (Wildman–Crippen LogP) is 1.94. The number of nitrogens with one attached hydrogen (secondary N) is 1. The Hall–Kier alpha value is -2.15. The number of hydrogen-bond donors (Lipinski definition) is 2. The molecule has 2 amide bonds. The quantitative estimate of drug-likeness (QED) is 0.907. The lowest BCUT2D eigenvalue weighted by Gasteiger charge is -2.34.